The van der Waals surface area contributed by atoms with Crippen LogP contribution in [0.3, 0.4) is 0 Å². The molecule has 160 valence electrons. The van der Waals surface area contributed by atoms with Crippen LogP contribution in [0.1, 0.15) is 126 Å². The number of carboxylic acids is 1. The first-order chi connectivity index (χ1) is 13.6. The molecule has 0 saturated carbocycles. The molecular weight excluding hydrogens is 348 g/mol. The molecule has 0 amide bonds. The number of hydrogen-bond acceptors (Lipinski definition) is 2. The molecule has 1 N–H and O–H groups in total. The van der Waals surface area contributed by atoms with E-state index in [1.54, 1.807) is 6.07 Å². The lowest BCUT2D eigenvalue weighted by atomic mass is 10.0. The molecule has 0 spiro atoms. The summed E-state index contributed by atoms with van der Waals surface area (Å²) in [5.74, 6) is -1.53. The van der Waals surface area contributed by atoms with Gasteiger partial charge in [0.2, 0.25) is 0 Å². The number of aryl methyl sites for hydroxylation is 1. The molecule has 0 aliphatic rings. The molecule has 28 heavy (non-hydrogen) atoms. The average molecular weight is 390 g/mol. The minimum atomic E-state index is -1.13. The molecule has 0 radical (unpaired) electrons. The lowest BCUT2D eigenvalue weighted by Gasteiger charge is -2.11. The van der Waals surface area contributed by atoms with E-state index in [9.17, 15) is 9.90 Å². The Morgan fingerprint density at radius 2 is 1.18 bits per heavy atom. The first-order valence-corrected chi connectivity index (χ1v) is 11.7. The third-order valence-corrected chi connectivity index (χ3v) is 5.59. The maximum atomic E-state index is 11.5. The Morgan fingerprint density at radius 1 is 0.750 bits per heavy atom. The highest BCUT2D eigenvalue weighted by Gasteiger charge is 2.05. The third kappa shape index (κ3) is 12.0. The van der Waals surface area contributed by atoms with Gasteiger partial charge in [-0.25, -0.2) is 4.79 Å². The van der Waals surface area contributed by atoms with Crippen molar-refractivity contribution >= 4 is 5.97 Å². The predicted molar refractivity (Wildman–Crippen MR) is 116 cm³/mol. The fourth-order valence-corrected chi connectivity index (χ4v) is 3.78. The smallest absolute Gasteiger partial charge is 0.335 e. The number of rotatable bonds is 18. The summed E-state index contributed by atoms with van der Waals surface area (Å²) in [5.41, 5.74) is 0.858. The van der Waals surface area contributed by atoms with Gasteiger partial charge in [0.05, 0.1) is 5.56 Å². The standard InChI is InChI=1S/C25H42O3/c1-2-3-4-5-6-7-8-9-10-11-12-13-14-15-16-17-18-22-19-20-24(26)23(21-22)25(27)28/h19-21,26H,2-18H2,1H3,(H,27,28)/p-1. The summed E-state index contributed by atoms with van der Waals surface area (Å²) in [4.78, 5) is 11.0. The molecular formula is C25H41O3-. The van der Waals surface area contributed by atoms with Crippen molar-refractivity contribution in [3.05, 3.63) is 29.3 Å². The predicted octanol–water partition coefficient (Wildman–Crippen LogP) is 7.26. The highest BCUT2D eigenvalue weighted by molar-refractivity contribution is 5.90. The number of benzene rings is 1. The summed E-state index contributed by atoms with van der Waals surface area (Å²) in [6, 6.07) is 4.68. The van der Waals surface area contributed by atoms with Gasteiger partial charge < -0.3 is 10.2 Å². The highest BCUT2D eigenvalue weighted by atomic mass is 16.4. The van der Waals surface area contributed by atoms with E-state index in [1.165, 1.54) is 108 Å². The van der Waals surface area contributed by atoms with Crippen LogP contribution in [0.2, 0.25) is 0 Å². The Kier molecular flexibility index (Phi) is 14.4. The Bertz CT molecular complexity index is 525. The first kappa shape index (κ1) is 24.5. The van der Waals surface area contributed by atoms with Crippen LogP contribution in [0.5, 0.6) is 5.75 Å². The van der Waals surface area contributed by atoms with E-state index in [1.807, 2.05) is 0 Å². The largest absolute Gasteiger partial charge is 0.872 e. The van der Waals surface area contributed by atoms with E-state index in [0.717, 1.165) is 18.4 Å². The lowest BCUT2D eigenvalue weighted by Crippen LogP contribution is -2.04. The van der Waals surface area contributed by atoms with Crippen LogP contribution in [0.15, 0.2) is 18.2 Å². The van der Waals surface area contributed by atoms with Crippen LogP contribution in [-0.4, -0.2) is 11.1 Å². The Morgan fingerprint density at radius 3 is 1.61 bits per heavy atom. The molecule has 0 unspecified atom stereocenters. The van der Waals surface area contributed by atoms with Crippen LogP contribution in [0.25, 0.3) is 0 Å². The molecule has 1 aromatic rings. The summed E-state index contributed by atoms with van der Waals surface area (Å²) < 4.78 is 0. The summed E-state index contributed by atoms with van der Waals surface area (Å²) in [6.07, 6.45) is 22.4. The number of carboxylic acid groups (broad SMARTS) is 1. The lowest BCUT2D eigenvalue weighted by molar-refractivity contribution is -0.268. The Balaban J connectivity index is 1.88. The molecule has 0 aliphatic heterocycles. The fraction of sp³-hybridized carbons (Fsp3) is 0.720. The topological polar surface area (TPSA) is 60.4 Å². The van der Waals surface area contributed by atoms with Gasteiger partial charge in [-0.2, -0.15) is 0 Å². The molecule has 3 heteroatoms. The maximum Gasteiger partial charge on any atom is 0.335 e. The number of aromatic carboxylic acids is 1. The van der Waals surface area contributed by atoms with Crippen molar-refractivity contribution in [1.29, 1.82) is 0 Å². The van der Waals surface area contributed by atoms with Crippen molar-refractivity contribution in [3.63, 3.8) is 0 Å². The van der Waals surface area contributed by atoms with Crippen LogP contribution >= 0.6 is 0 Å². The van der Waals surface area contributed by atoms with Gasteiger partial charge in [-0.15, -0.1) is 0 Å². The average Bonchev–Trinajstić information content (AvgIpc) is 2.68. The molecule has 0 bridgehead atoms. The second-order valence-electron chi connectivity index (χ2n) is 8.19. The highest BCUT2D eigenvalue weighted by Crippen LogP contribution is 2.18. The number of hydrogen-bond donors (Lipinski definition) is 1. The molecule has 0 heterocycles. The quantitative estimate of drug-likeness (QED) is 0.269. The van der Waals surface area contributed by atoms with E-state index >= 15 is 0 Å². The normalized spacial score (nSPS) is 11.0. The monoisotopic (exact) mass is 389 g/mol. The van der Waals surface area contributed by atoms with Gasteiger partial charge in [-0.05, 0) is 24.5 Å². The zero-order chi connectivity index (χ0) is 20.5. The van der Waals surface area contributed by atoms with Crippen molar-refractivity contribution in [3.8, 4) is 5.75 Å². The van der Waals surface area contributed by atoms with E-state index in [-0.39, 0.29) is 5.56 Å². The fourth-order valence-electron chi connectivity index (χ4n) is 3.78. The number of unbranched alkanes of at least 4 members (excludes halogenated alkanes) is 15. The van der Waals surface area contributed by atoms with Gasteiger partial charge in [0.15, 0.2) is 0 Å². The summed E-state index contributed by atoms with van der Waals surface area (Å²) in [6.45, 7) is 2.27. The van der Waals surface area contributed by atoms with Crippen LogP contribution < -0.4 is 5.11 Å². The second-order valence-corrected chi connectivity index (χ2v) is 8.19. The summed E-state index contributed by atoms with van der Waals surface area (Å²) in [5, 5.41) is 20.5. The summed E-state index contributed by atoms with van der Waals surface area (Å²) >= 11 is 0. The first-order valence-electron chi connectivity index (χ1n) is 11.7. The molecule has 0 aliphatic carbocycles. The molecule has 0 fully saturated rings. The van der Waals surface area contributed by atoms with Gasteiger partial charge in [0, 0.05) is 0 Å². The third-order valence-electron chi connectivity index (χ3n) is 5.59. The Hall–Kier alpha value is -1.51. The molecule has 1 aromatic carbocycles. The molecule has 0 aromatic heterocycles. The van der Waals surface area contributed by atoms with E-state index in [0.29, 0.717) is 0 Å². The maximum absolute atomic E-state index is 11.5. The molecule has 1 rings (SSSR count). The molecule has 3 nitrogen and oxygen atoms in total. The van der Waals surface area contributed by atoms with Gasteiger partial charge in [-0.1, -0.05) is 121 Å². The minimum absolute atomic E-state index is 0.103. The van der Waals surface area contributed by atoms with Crippen LogP contribution in [-0.2, 0) is 6.42 Å². The van der Waals surface area contributed by atoms with Crippen molar-refractivity contribution in [2.45, 2.75) is 116 Å². The van der Waals surface area contributed by atoms with E-state index in [2.05, 4.69) is 6.92 Å². The van der Waals surface area contributed by atoms with Crippen LogP contribution in [0.4, 0.5) is 0 Å². The van der Waals surface area contributed by atoms with Crippen molar-refractivity contribution in [2.24, 2.45) is 0 Å². The van der Waals surface area contributed by atoms with Crippen LogP contribution in [0, 0.1) is 0 Å². The zero-order valence-corrected chi connectivity index (χ0v) is 18.0. The van der Waals surface area contributed by atoms with Gasteiger partial charge in [-0.3, -0.25) is 0 Å². The Labute approximate surface area is 172 Å². The minimum Gasteiger partial charge on any atom is -0.872 e. The SMILES string of the molecule is CCCCCCCCCCCCCCCCCCc1ccc([O-])c(C(=O)O)c1. The summed E-state index contributed by atoms with van der Waals surface area (Å²) in [7, 11) is 0. The van der Waals surface area contributed by atoms with Gasteiger partial charge in [0.1, 0.15) is 0 Å². The van der Waals surface area contributed by atoms with E-state index < -0.39 is 11.7 Å². The van der Waals surface area contributed by atoms with Crippen molar-refractivity contribution in [1.82, 2.24) is 0 Å². The number of carbonyl (C=O) groups is 1. The van der Waals surface area contributed by atoms with Crippen molar-refractivity contribution < 1.29 is 15.0 Å². The zero-order valence-electron chi connectivity index (χ0n) is 18.0. The van der Waals surface area contributed by atoms with Gasteiger partial charge in [0.25, 0.3) is 0 Å². The van der Waals surface area contributed by atoms with Crippen molar-refractivity contribution in [2.75, 3.05) is 0 Å². The molecule has 0 saturated heterocycles. The van der Waals surface area contributed by atoms with E-state index in [4.69, 9.17) is 5.11 Å². The molecule has 0 atom stereocenters. The second kappa shape index (κ2) is 16.4. The van der Waals surface area contributed by atoms with Gasteiger partial charge >= 0.3 is 5.97 Å².